The van der Waals surface area contributed by atoms with Crippen molar-refractivity contribution in [3.63, 3.8) is 0 Å². The fourth-order valence-corrected chi connectivity index (χ4v) is 4.41. The first kappa shape index (κ1) is 29.1. The van der Waals surface area contributed by atoms with Crippen molar-refractivity contribution < 1.29 is 29.4 Å². The molecule has 1 fully saturated rings. The van der Waals surface area contributed by atoms with Crippen LogP contribution in [0.3, 0.4) is 0 Å². The molecule has 1 aliphatic rings. The predicted molar refractivity (Wildman–Crippen MR) is 135 cm³/mol. The summed E-state index contributed by atoms with van der Waals surface area (Å²) >= 11 is 0. The Hall–Kier alpha value is -3.14. The molecule has 3 amide bonds. The number of likely N-dealkylation sites (tertiary alicyclic amines) is 1. The maximum atomic E-state index is 13.5. The largest absolute Gasteiger partial charge is 0.508 e. The number of aliphatic carboxylic acids is 1. The zero-order valence-corrected chi connectivity index (χ0v) is 21.6. The number of hydrogen-bond acceptors (Lipinski definition) is 6. The highest BCUT2D eigenvalue weighted by Gasteiger charge is 2.39. The van der Waals surface area contributed by atoms with E-state index in [1.54, 1.807) is 12.1 Å². The van der Waals surface area contributed by atoms with E-state index in [0.717, 1.165) is 5.56 Å². The summed E-state index contributed by atoms with van der Waals surface area (Å²) in [6, 6.07) is 2.80. The molecule has 0 bridgehead atoms. The normalized spacial score (nSPS) is 18.1. The maximum absolute atomic E-state index is 13.5. The number of benzene rings is 1. The number of amides is 3. The van der Waals surface area contributed by atoms with Crippen LogP contribution in [0.4, 0.5) is 0 Å². The summed E-state index contributed by atoms with van der Waals surface area (Å²) in [6.07, 6.45) is 1.91. The molecule has 4 unspecified atom stereocenters. The van der Waals surface area contributed by atoms with Crippen LogP contribution in [0.5, 0.6) is 5.75 Å². The van der Waals surface area contributed by atoms with E-state index in [4.69, 9.17) is 5.73 Å². The molecule has 6 N–H and O–H groups in total. The molecule has 0 radical (unpaired) electrons. The van der Waals surface area contributed by atoms with Gasteiger partial charge in [0.15, 0.2) is 0 Å². The number of carbonyl (C=O) groups excluding carboxylic acids is 3. The molecule has 0 aromatic heterocycles. The summed E-state index contributed by atoms with van der Waals surface area (Å²) in [5.74, 6) is -2.18. The van der Waals surface area contributed by atoms with Crippen molar-refractivity contribution in [1.82, 2.24) is 15.5 Å². The Labute approximate surface area is 212 Å². The van der Waals surface area contributed by atoms with Crippen LogP contribution in [-0.4, -0.2) is 69.5 Å². The first-order chi connectivity index (χ1) is 16.9. The number of nitrogens with two attached hydrogens (primary N) is 1. The molecular formula is C26H40N4O6. The van der Waals surface area contributed by atoms with E-state index in [2.05, 4.69) is 10.6 Å². The molecule has 10 nitrogen and oxygen atoms in total. The van der Waals surface area contributed by atoms with Crippen LogP contribution in [0.15, 0.2) is 24.3 Å². The second kappa shape index (κ2) is 13.2. The fourth-order valence-electron chi connectivity index (χ4n) is 4.41. The van der Waals surface area contributed by atoms with E-state index in [1.165, 1.54) is 17.0 Å². The summed E-state index contributed by atoms with van der Waals surface area (Å²) in [7, 11) is 0. The van der Waals surface area contributed by atoms with Crippen LogP contribution in [-0.2, 0) is 25.6 Å². The number of nitrogens with zero attached hydrogens (tertiary/aromatic N) is 1. The minimum absolute atomic E-state index is 0.0733. The molecule has 1 aromatic carbocycles. The highest BCUT2D eigenvalue weighted by atomic mass is 16.4. The smallest absolute Gasteiger partial charge is 0.326 e. The van der Waals surface area contributed by atoms with Crippen molar-refractivity contribution in [2.75, 3.05) is 6.54 Å². The van der Waals surface area contributed by atoms with Crippen molar-refractivity contribution >= 4 is 23.7 Å². The Balaban J connectivity index is 2.10. The number of carboxylic acid groups (broad SMARTS) is 1. The molecule has 0 spiro atoms. The van der Waals surface area contributed by atoms with Crippen molar-refractivity contribution in [2.45, 2.75) is 84.0 Å². The average molecular weight is 505 g/mol. The van der Waals surface area contributed by atoms with Crippen molar-refractivity contribution in [3.8, 4) is 5.75 Å². The third kappa shape index (κ3) is 8.51. The van der Waals surface area contributed by atoms with Gasteiger partial charge in [0.2, 0.25) is 17.7 Å². The van der Waals surface area contributed by atoms with Crippen LogP contribution in [0.2, 0.25) is 0 Å². The first-order valence-electron chi connectivity index (χ1n) is 12.6. The molecule has 1 aromatic rings. The Kier molecular flexibility index (Phi) is 10.7. The standard InChI is InChI=1S/C26H40N4O6/c1-15(2)12-20(28-23(32)19(27)14-17-7-9-18(31)10-8-17)25(34)30-11-5-6-22(30)24(33)29-21(26(35)36)13-16(3)4/h7-10,15-16,19-22,31H,5-6,11-14,27H2,1-4H3,(H,28,32)(H,29,33)(H,35,36). The third-order valence-corrected chi connectivity index (χ3v) is 6.21. The lowest BCUT2D eigenvalue weighted by Crippen LogP contribution is -2.57. The second-order valence-corrected chi connectivity index (χ2v) is 10.4. The van der Waals surface area contributed by atoms with Gasteiger partial charge >= 0.3 is 5.97 Å². The number of hydrogen-bond donors (Lipinski definition) is 5. The summed E-state index contributed by atoms with van der Waals surface area (Å²) in [6.45, 7) is 7.96. The third-order valence-electron chi connectivity index (χ3n) is 6.21. The van der Waals surface area contributed by atoms with Gasteiger partial charge in [0.1, 0.15) is 23.9 Å². The number of nitrogens with one attached hydrogen (secondary N) is 2. The van der Waals surface area contributed by atoms with Crippen LogP contribution >= 0.6 is 0 Å². The van der Waals surface area contributed by atoms with Gasteiger partial charge in [-0.2, -0.15) is 0 Å². The topological polar surface area (TPSA) is 162 Å². The van der Waals surface area contributed by atoms with Gasteiger partial charge < -0.3 is 31.5 Å². The van der Waals surface area contributed by atoms with Gasteiger partial charge in [-0.15, -0.1) is 0 Å². The Bertz CT molecular complexity index is 918. The molecule has 0 saturated carbocycles. The fraction of sp³-hybridized carbons (Fsp3) is 0.615. The van der Waals surface area contributed by atoms with Crippen LogP contribution < -0.4 is 16.4 Å². The Morgan fingerprint density at radius 2 is 1.58 bits per heavy atom. The van der Waals surface area contributed by atoms with Gasteiger partial charge in [0, 0.05) is 6.54 Å². The van der Waals surface area contributed by atoms with E-state index in [-0.39, 0.29) is 36.3 Å². The molecular weight excluding hydrogens is 464 g/mol. The summed E-state index contributed by atoms with van der Waals surface area (Å²) < 4.78 is 0. The van der Waals surface area contributed by atoms with Crippen LogP contribution in [0, 0.1) is 11.8 Å². The lowest BCUT2D eigenvalue weighted by atomic mass is 10.0. The number of carboxylic acids is 1. The molecule has 10 heteroatoms. The lowest BCUT2D eigenvalue weighted by Gasteiger charge is -2.30. The van der Waals surface area contributed by atoms with E-state index < -0.39 is 42.0 Å². The minimum atomic E-state index is -1.11. The number of aromatic hydroxyl groups is 1. The van der Waals surface area contributed by atoms with Crippen molar-refractivity contribution in [2.24, 2.45) is 17.6 Å². The summed E-state index contributed by atoms with van der Waals surface area (Å²) in [5.41, 5.74) is 6.87. The highest BCUT2D eigenvalue weighted by Crippen LogP contribution is 2.21. The van der Waals surface area contributed by atoms with E-state index in [9.17, 15) is 29.4 Å². The predicted octanol–water partition coefficient (Wildman–Crippen LogP) is 1.40. The SMILES string of the molecule is CC(C)CC(NC(=O)C1CCCN1C(=O)C(CC(C)C)NC(=O)C(N)Cc1ccc(O)cc1)C(=O)O. The van der Waals surface area contributed by atoms with Gasteiger partial charge in [0.25, 0.3) is 0 Å². The molecule has 2 rings (SSSR count). The van der Waals surface area contributed by atoms with E-state index in [0.29, 0.717) is 25.8 Å². The Morgan fingerprint density at radius 1 is 1.00 bits per heavy atom. The Morgan fingerprint density at radius 3 is 2.14 bits per heavy atom. The van der Waals surface area contributed by atoms with E-state index >= 15 is 0 Å². The molecule has 1 saturated heterocycles. The monoisotopic (exact) mass is 504 g/mol. The highest BCUT2D eigenvalue weighted by molar-refractivity contribution is 5.94. The van der Waals surface area contributed by atoms with Gasteiger partial charge in [-0.1, -0.05) is 39.8 Å². The van der Waals surface area contributed by atoms with Gasteiger partial charge in [0.05, 0.1) is 6.04 Å². The number of rotatable bonds is 12. The number of phenolic OH excluding ortho intramolecular Hbond substituents is 1. The molecule has 4 atom stereocenters. The average Bonchev–Trinajstić information content (AvgIpc) is 3.28. The van der Waals surface area contributed by atoms with Crippen molar-refractivity contribution in [1.29, 1.82) is 0 Å². The van der Waals surface area contributed by atoms with Gasteiger partial charge in [-0.25, -0.2) is 4.79 Å². The second-order valence-electron chi connectivity index (χ2n) is 10.4. The molecule has 1 aliphatic heterocycles. The first-order valence-corrected chi connectivity index (χ1v) is 12.6. The van der Waals surface area contributed by atoms with Gasteiger partial charge in [-0.05, 0) is 61.6 Å². The van der Waals surface area contributed by atoms with Crippen LogP contribution in [0.1, 0.15) is 58.9 Å². The molecule has 1 heterocycles. The maximum Gasteiger partial charge on any atom is 0.326 e. The molecule has 0 aliphatic carbocycles. The minimum Gasteiger partial charge on any atom is -0.508 e. The summed E-state index contributed by atoms with van der Waals surface area (Å²) in [4.78, 5) is 52.4. The zero-order chi connectivity index (χ0) is 27.0. The molecule has 36 heavy (non-hydrogen) atoms. The number of phenols is 1. The van der Waals surface area contributed by atoms with E-state index in [1.807, 2.05) is 27.7 Å². The summed E-state index contributed by atoms with van der Waals surface area (Å²) in [5, 5.41) is 24.3. The van der Waals surface area contributed by atoms with Gasteiger partial charge in [-0.3, -0.25) is 14.4 Å². The molecule has 200 valence electrons. The zero-order valence-electron chi connectivity index (χ0n) is 21.6. The quantitative estimate of drug-likeness (QED) is 0.287. The number of carbonyl (C=O) groups is 4. The lowest BCUT2D eigenvalue weighted by molar-refractivity contribution is -0.145. The van der Waals surface area contributed by atoms with Crippen molar-refractivity contribution in [3.05, 3.63) is 29.8 Å². The van der Waals surface area contributed by atoms with Crippen LogP contribution in [0.25, 0.3) is 0 Å².